The molecule has 3 aromatic heterocycles. The van der Waals surface area contributed by atoms with E-state index in [0.717, 1.165) is 52.6 Å². The van der Waals surface area contributed by atoms with Crippen LogP contribution in [-0.4, -0.2) is 19.6 Å². The molecule has 8 heteroatoms. The van der Waals surface area contributed by atoms with E-state index in [1.807, 2.05) is 36.6 Å². The summed E-state index contributed by atoms with van der Waals surface area (Å²) in [5, 5.41) is 8.37. The van der Waals surface area contributed by atoms with Gasteiger partial charge in [0, 0.05) is 17.5 Å². The summed E-state index contributed by atoms with van der Waals surface area (Å²) >= 11 is 1.15. The van der Waals surface area contributed by atoms with Gasteiger partial charge in [0.05, 0.1) is 5.69 Å². The Bertz CT molecular complexity index is 1110. The fraction of sp³-hybridized carbons (Fsp3) is 0.167. The number of thioether (sulfide) groups is 1. The summed E-state index contributed by atoms with van der Waals surface area (Å²) in [5.41, 5.74) is 3.60. The van der Waals surface area contributed by atoms with Crippen molar-refractivity contribution in [1.82, 2.24) is 19.6 Å². The molecule has 0 saturated heterocycles. The number of rotatable bonds is 4. The number of imidazole rings is 1. The minimum atomic E-state index is -0.482. The van der Waals surface area contributed by atoms with Gasteiger partial charge in [-0.1, -0.05) is 17.8 Å². The first-order valence-corrected chi connectivity index (χ1v) is 8.86. The van der Waals surface area contributed by atoms with Crippen LogP contribution in [0.1, 0.15) is 16.8 Å². The topological polar surface area (TPSA) is 56.2 Å². The van der Waals surface area contributed by atoms with E-state index < -0.39 is 11.6 Å². The van der Waals surface area contributed by atoms with Gasteiger partial charge in [0.15, 0.2) is 0 Å². The van der Waals surface area contributed by atoms with Crippen LogP contribution >= 0.6 is 11.8 Å². The number of nitrogens with zero attached hydrogens (tertiary/aromatic N) is 4. The van der Waals surface area contributed by atoms with Crippen LogP contribution in [0.2, 0.25) is 0 Å². The van der Waals surface area contributed by atoms with E-state index in [1.165, 1.54) is 0 Å². The molecule has 0 bridgehead atoms. The van der Waals surface area contributed by atoms with E-state index >= 15 is 0 Å². The van der Waals surface area contributed by atoms with Crippen LogP contribution in [-0.2, 0) is 5.75 Å². The molecule has 0 radical (unpaired) electrons. The third kappa shape index (κ3) is 3.08. The number of hydrogen-bond donors (Lipinski definition) is 0. The maximum Gasteiger partial charge on any atom is 0.277 e. The van der Waals surface area contributed by atoms with Gasteiger partial charge in [-0.25, -0.2) is 13.8 Å². The Labute approximate surface area is 152 Å². The van der Waals surface area contributed by atoms with Crippen LogP contribution < -0.4 is 0 Å². The van der Waals surface area contributed by atoms with Gasteiger partial charge in [-0.15, -0.1) is 10.2 Å². The number of hydrogen-bond acceptors (Lipinski definition) is 5. The lowest BCUT2D eigenvalue weighted by Gasteiger charge is -2.01. The smallest absolute Gasteiger partial charge is 0.277 e. The van der Waals surface area contributed by atoms with Crippen LogP contribution in [0, 0.1) is 25.5 Å². The first-order chi connectivity index (χ1) is 12.5. The zero-order valence-corrected chi connectivity index (χ0v) is 14.8. The number of aryl methyl sites for hydroxylation is 2. The van der Waals surface area contributed by atoms with Crippen LogP contribution in [0.4, 0.5) is 8.78 Å². The quantitative estimate of drug-likeness (QED) is 0.491. The normalized spacial score (nSPS) is 11.4. The summed E-state index contributed by atoms with van der Waals surface area (Å²) < 4.78 is 34.6. The molecule has 1 aromatic carbocycles. The molecule has 26 heavy (non-hydrogen) atoms. The molecule has 0 saturated carbocycles. The zero-order chi connectivity index (χ0) is 18.3. The highest BCUT2D eigenvalue weighted by Gasteiger charge is 2.18. The second-order valence-corrected chi connectivity index (χ2v) is 6.80. The molecular weight excluding hydrogens is 358 g/mol. The summed E-state index contributed by atoms with van der Waals surface area (Å²) in [4.78, 5) is 4.49. The lowest BCUT2D eigenvalue weighted by atomic mass is 10.2. The maximum absolute atomic E-state index is 13.7. The molecule has 132 valence electrons. The van der Waals surface area contributed by atoms with Crippen molar-refractivity contribution in [2.45, 2.75) is 24.8 Å². The molecule has 4 rings (SSSR count). The van der Waals surface area contributed by atoms with Crippen molar-refractivity contribution >= 4 is 17.4 Å². The number of fused-ring (bicyclic) bond motifs is 1. The van der Waals surface area contributed by atoms with Gasteiger partial charge in [-0.2, -0.15) is 0 Å². The molecule has 0 aliphatic rings. The Morgan fingerprint density at radius 1 is 1.12 bits per heavy atom. The zero-order valence-electron chi connectivity index (χ0n) is 14.0. The van der Waals surface area contributed by atoms with Gasteiger partial charge in [0.2, 0.25) is 0 Å². The molecule has 4 aromatic rings. The van der Waals surface area contributed by atoms with Crippen molar-refractivity contribution < 1.29 is 13.2 Å². The third-order valence-electron chi connectivity index (χ3n) is 3.91. The molecule has 0 N–H and O–H groups in total. The van der Waals surface area contributed by atoms with E-state index in [1.54, 1.807) is 0 Å². The van der Waals surface area contributed by atoms with E-state index in [2.05, 4.69) is 15.2 Å². The van der Waals surface area contributed by atoms with Gasteiger partial charge in [-0.05, 0) is 43.7 Å². The summed E-state index contributed by atoms with van der Waals surface area (Å²) in [6.07, 6.45) is 1.95. The van der Waals surface area contributed by atoms with Crippen LogP contribution in [0.15, 0.2) is 46.2 Å². The predicted molar refractivity (Wildman–Crippen MR) is 93.9 cm³/mol. The molecule has 0 aliphatic carbocycles. The minimum Gasteiger partial charge on any atom is -0.410 e. The van der Waals surface area contributed by atoms with Gasteiger partial charge in [0.25, 0.3) is 11.1 Å². The fourth-order valence-corrected chi connectivity index (χ4v) is 3.42. The average Bonchev–Trinajstić information content (AvgIpc) is 3.18. The molecule has 0 spiro atoms. The van der Waals surface area contributed by atoms with Crippen molar-refractivity contribution in [2.24, 2.45) is 0 Å². The molecule has 0 aliphatic heterocycles. The van der Waals surface area contributed by atoms with Crippen molar-refractivity contribution in [3.05, 3.63) is 65.0 Å². The first-order valence-electron chi connectivity index (χ1n) is 7.87. The second kappa shape index (κ2) is 6.53. The molecule has 5 nitrogen and oxygen atoms in total. The van der Waals surface area contributed by atoms with Crippen LogP contribution in [0.5, 0.6) is 0 Å². The average molecular weight is 372 g/mol. The van der Waals surface area contributed by atoms with Crippen molar-refractivity contribution in [1.29, 1.82) is 0 Å². The summed E-state index contributed by atoms with van der Waals surface area (Å²) in [6, 6.07) is 7.26. The van der Waals surface area contributed by atoms with Crippen LogP contribution in [0.3, 0.4) is 0 Å². The number of halogens is 2. The van der Waals surface area contributed by atoms with E-state index in [0.29, 0.717) is 5.89 Å². The lowest BCUT2D eigenvalue weighted by molar-refractivity contribution is 0.463. The van der Waals surface area contributed by atoms with E-state index in [-0.39, 0.29) is 16.5 Å². The highest BCUT2D eigenvalue weighted by atomic mass is 32.2. The summed E-state index contributed by atoms with van der Waals surface area (Å²) in [6.45, 7) is 3.86. The molecule has 0 fully saturated rings. The third-order valence-corrected chi connectivity index (χ3v) is 4.78. The molecule has 3 heterocycles. The largest absolute Gasteiger partial charge is 0.410 e. The second-order valence-electron chi connectivity index (χ2n) is 5.88. The summed E-state index contributed by atoms with van der Waals surface area (Å²) in [5.74, 6) is -0.421. The molecule has 0 amide bonds. The predicted octanol–water partition coefficient (Wildman–Crippen LogP) is 4.57. The summed E-state index contributed by atoms with van der Waals surface area (Å²) in [7, 11) is 0. The Balaban J connectivity index is 1.62. The van der Waals surface area contributed by atoms with Gasteiger partial charge in [-0.3, -0.25) is 4.40 Å². The highest BCUT2D eigenvalue weighted by Crippen LogP contribution is 2.29. The minimum absolute atomic E-state index is 0.191. The SMILES string of the molecule is Cc1ccc2nc(C)c(-c3nnc(SCc4cc(F)ccc4F)o3)n2c1. The molecular formula is C18H14F2N4OS. The van der Waals surface area contributed by atoms with E-state index in [9.17, 15) is 8.78 Å². The van der Waals surface area contributed by atoms with Gasteiger partial charge >= 0.3 is 0 Å². The Morgan fingerprint density at radius 2 is 1.96 bits per heavy atom. The van der Waals surface area contributed by atoms with Crippen LogP contribution in [0.25, 0.3) is 17.2 Å². The lowest BCUT2D eigenvalue weighted by Crippen LogP contribution is -1.90. The number of benzene rings is 1. The molecule has 0 unspecified atom stereocenters. The van der Waals surface area contributed by atoms with Crippen molar-refractivity contribution in [3.8, 4) is 11.6 Å². The van der Waals surface area contributed by atoms with Crippen molar-refractivity contribution in [3.63, 3.8) is 0 Å². The van der Waals surface area contributed by atoms with Gasteiger partial charge < -0.3 is 4.42 Å². The fourth-order valence-electron chi connectivity index (χ4n) is 2.68. The van der Waals surface area contributed by atoms with E-state index in [4.69, 9.17) is 4.42 Å². The monoisotopic (exact) mass is 372 g/mol. The maximum atomic E-state index is 13.7. The number of aromatic nitrogens is 4. The first kappa shape index (κ1) is 16.7. The Hall–Kier alpha value is -2.74. The van der Waals surface area contributed by atoms with Gasteiger partial charge in [0.1, 0.15) is 23.0 Å². The Morgan fingerprint density at radius 3 is 2.81 bits per heavy atom. The Kier molecular flexibility index (Phi) is 4.20. The van der Waals surface area contributed by atoms with Crippen molar-refractivity contribution in [2.75, 3.05) is 0 Å². The molecule has 0 atom stereocenters. The number of pyridine rings is 1. The highest BCUT2D eigenvalue weighted by molar-refractivity contribution is 7.98. The standard InChI is InChI=1S/C18H14F2N4OS/c1-10-3-6-15-21-11(2)16(24(15)8-10)17-22-23-18(25-17)26-9-12-7-13(19)4-5-14(12)20/h3-8H,9H2,1-2H3.